The van der Waals surface area contributed by atoms with E-state index in [1.54, 1.807) is 13.4 Å². The second-order valence-corrected chi connectivity index (χ2v) is 7.86. The number of anilines is 2. The summed E-state index contributed by atoms with van der Waals surface area (Å²) in [6.07, 6.45) is 5.97. The second-order valence-electron chi connectivity index (χ2n) is 7.52. The molecule has 0 bridgehead atoms. The Balaban J connectivity index is 1.56. The van der Waals surface area contributed by atoms with E-state index in [1.165, 1.54) is 0 Å². The van der Waals surface area contributed by atoms with Crippen LogP contribution < -0.4 is 10.2 Å². The van der Waals surface area contributed by atoms with E-state index in [2.05, 4.69) is 50.1 Å². The summed E-state index contributed by atoms with van der Waals surface area (Å²) >= 11 is 6.18. The fourth-order valence-corrected chi connectivity index (χ4v) is 3.89. The number of nitrogens with zero attached hydrogens (tertiary/aromatic N) is 6. The van der Waals surface area contributed by atoms with Gasteiger partial charge in [0.25, 0.3) is 0 Å². The molecule has 1 aliphatic heterocycles. The quantitative estimate of drug-likeness (QED) is 0.615. The third-order valence-corrected chi connectivity index (χ3v) is 5.51. The van der Waals surface area contributed by atoms with Crippen LogP contribution in [0.2, 0.25) is 5.28 Å². The van der Waals surface area contributed by atoms with Gasteiger partial charge in [-0.15, -0.1) is 0 Å². The van der Waals surface area contributed by atoms with Gasteiger partial charge in [-0.1, -0.05) is 6.07 Å². The third-order valence-electron chi connectivity index (χ3n) is 5.34. The Morgan fingerprint density at radius 3 is 2.76 bits per heavy atom. The molecule has 4 rings (SSSR count). The number of halogens is 1. The first-order chi connectivity index (χ1) is 14.1. The lowest BCUT2D eigenvalue weighted by Crippen LogP contribution is -2.37. The summed E-state index contributed by atoms with van der Waals surface area (Å²) in [6.45, 7) is 6.61. The normalized spacial score (nSPS) is 15.4. The average molecular weight is 416 g/mol. The van der Waals surface area contributed by atoms with Crippen LogP contribution in [-0.4, -0.2) is 50.8 Å². The minimum Gasteiger partial charge on any atom is -0.381 e. The van der Waals surface area contributed by atoms with E-state index in [1.807, 2.05) is 16.8 Å². The molecule has 0 unspecified atom stereocenters. The Kier molecular flexibility index (Phi) is 5.82. The van der Waals surface area contributed by atoms with Crippen molar-refractivity contribution >= 4 is 34.4 Å². The van der Waals surface area contributed by atoms with Crippen LogP contribution in [0.1, 0.15) is 38.3 Å². The van der Waals surface area contributed by atoms with Crippen LogP contribution in [0.5, 0.6) is 0 Å². The highest BCUT2D eigenvalue weighted by atomic mass is 35.5. The van der Waals surface area contributed by atoms with Gasteiger partial charge in [0.05, 0.1) is 12.4 Å². The summed E-state index contributed by atoms with van der Waals surface area (Å²) < 4.78 is 7.48. The summed E-state index contributed by atoms with van der Waals surface area (Å²) in [7, 11) is 1.78. The zero-order valence-corrected chi connectivity index (χ0v) is 17.7. The number of piperidine rings is 1. The third kappa shape index (κ3) is 4.13. The summed E-state index contributed by atoms with van der Waals surface area (Å²) in [4.78, 5) is 20.2. The highest BCUT2D eigenvalue weighted by Gasteiger charge is 2.22. The molecule has 9 heteroatoms. The number of hydrogen-bond acceptors (Lipinski definition) is 7. The van der Waals surface area contributed by atoms with Crippen molar-refractivity contribution in [2.75, 3.05) is 30.4 Å². The lowest BCUT2D eigenvalue weighted by molar-refractivity contribution is 0.0817. The van der Waals surface area contributed by atoms with E-state index in [-0.39, 0.29) is 11.3 Å². The van der Waals surface area contributed by atoms with Gasteiger partial charge in [0, 0.05) is 44.5 Å². The molecule has 154 valence electrons. The second kappa shape index (κ2) is 8.51. The maximum Gasteiger partial charge on any atom is 0.226 e. The van der Waals surface area contributed by atoms with E-state index in [0.717, 1.165) is 48.5 Å². The number of imidazole rings is 1. The molecular formula is C20H26ClN7O. The zero-order valence-electron chi connectivity index (χ0n) is 17.0. The molecule has 1 N–H and O–H groups in total. The maximum atomic E-state index is 6.18. The summed E-state index contributed by atoms with van der Waals surface area (Å²) in [5, 5.41) is 3.60. The van der Waals surface area contributed by atoms with E-state index >= 15 is 0 Å². The first kappa shape index (κ1) is 19.8. The van der Waals surface area contributed by atoms with Crippen molar-refractivity contribution in [3.05, 3.63) is 35.5 Å². The Bertz CT molecular complexity index is 982. The lowest BCUT2D eigenvalue weighted by Gasteiger charge is -2.33. The highest BCUT2D eigenvalue weighted by molar-refractivity contribution is 6.28. The van der Waals surface area contributed by atoms with Gasteiger partial charge in [0.15, 0.2) is 17.0 Å². The van der Waals surface area contributed by atoms with Crippen molar-refractivity contribution in [1.29, 1.82) is 0 Å². The SMILES string of the molecule is COC1CCN(c2ncccc2CNc2nc(Cl)nc3c2ncn3C(C)C)CC1. The number of nitrogens with one attached hydrogen (secondary N) is 1. The number of hydrogen-bond donors (Lipinski definition) is 1. The fourth-order valence-electron chi connectivity index (χ4n) is 3.73. The van der Waals surface area contributed by atoms with Crippen LogP contribution in [0.25, 0.3) is 11.2 Å². The molecule has 0 amide bonds. The molecule has 0 saturated carbocycles. The summed E-state index contributed by atoms with van der Waals surface area (Å²) in [5.41, 5.74) is 2.56. The molecule has 8 nitrogen and oxygen atoms in total. The van der Waals surface area contributed by atoms with Crippen molar-refractivity contribution in [2.24, 2.45) is 0 Å². The van der Waals surface area contributed by atoms with E-state index < -0.39 is 0 Å². The predicted molar refractivity (Wildman–Crippen MR) is 115 cm³/mol. The summed E-state index contributed by atoms with van der Waals surface area (Å²) in [6, 6.07) is 4.28. The van der Waals surface area contributed by atoms with Crippen LogP contribution in [0.3, 0.4) is 0 Å². The minimum atomic E-state index is 0.204. The molecule has 3 aromatic rings. The van der Waals surface area contributed by atoms with Gasteiger partial charge in [-0.2, -0.15) is 9.97 Å². The minimum absolute atomic E-state index is 0.204. The number of pyridine rings is 1. The van der Waals surface area contributed by atoms with Crippen LogP contribution in [0.4, 0.5) is 11.6 Å². The summed E-state index contributed by atoms with van der Waals surface area (Å²) in [5.74, 6) is 1.63. The Hall–Kier alpha value is -2.45. The molecule has 0 atom stereocenters. The Labute approximate surface area is 175 Å². The number of methoxy groups -OCH3 is 1. The van der Waals surface area contributed by atoms with Crippen LogP contribution in [0, 0.1) is 0 Å². The molecule has 29 heavy (non-hydrogen) atoms. The molecule has 1 fully saturated rings. The molecule has 3 aromatic heterocycles. The molecule has 0 aliphatic carbocycles. The number of aromatic nitrogens is 5. The first-order valence-corrected chi connectivity index (χ1v) is 10.3. The highest BCUT2D eigenvalue weighted by Crippen LogP contribution is 2.26. The fraction of sp³-hybridized carbons (Fsp3) is 0.500. The molecule has 4 heterocycles. The molecule has 1 aliphatic rings. The van der Waals surface area contributed by atoms with E-state index in [4.69, 9.17) is 16.3 Å². The molecule has 1 saturated heterocycles. The number of fused-ring (bicyclic) bond motifs is 1. The molecule has 0 aromatic carbocycles. The van der Waals surface area contributed by atoms with Gasteiger partial charge in [0.2, 0.25) is 5.28 Å². The van der Waals surface area contributed by atoms with Gasteiger partial charge in [-0.05, 0) is 44.4 Å². The van der Waals surface area contributed by atoms with Crippen LogP contribution in [-0.2, 0) is 11.3 Å². The lowest BCUT2D eigenvalue weighted by atomic mass is 10.1. The van der Waals surface area contributed by atoms with E-state index in [9.17, 15) is 0 Å². The standard InChI is InChI=1S/C20H26ClN7O/c1-13(2)28-12-24-16-17(25-20(21)26-19(16)28)23-11-14-5-4-8-22-18(14)27-9-6-15(29-3)7-10-27/h4-5,8,12-13,15H,6-7,9-11H2,1-3H3,(H,23,25,26). The first-order valence-electron chi connectivity index (χ1n) is 9.92. The van der Waals surface area contributed by atoms with Crippen molar-refractivity contribution < 1.29 is 4.74 Å². The molecule has 0 spiro atoms. The molecule has 0 radical (unpaired) electrons. The van der Waals surface area contributed by atoms with Gasteiger partial charge in [-0.3, -0.25) is 0 Å². The zero-order chi connectivity index (χ0) is 20.4. The topological polar surface area (TPSA) is 81.0 Å². The van der Waals surface area contributed by atoms with E-state index in [0.29, 0.717) is 18.5 Å². The van der Waals surface area contributed by atoms with Crippen molar-refractivity contribution in [1.82, 2.24) is 24.5 Å². The van der Waals surface area contributed by atoms with Gasteiger partial charge >= 0.3 is 0 Å². The van der Waals surface area contributed by atoms with Crippen LogP contribution >= 0.6 is 11.6 Å². The van der Waals surface area contributed by atoms with Gasteiger partial charge in [-0.25, -0.2) is 9.97 Å². The van der Waals surface area contributed by atoms with Crippen molar-refractivity contribution in [3.63, 3.8) is 0 Å². The van der Waals surface area contributed by atoms with Crippen LogP contribution in [0.15, 0.2) is 24.7 Å². The van der Waals surface area contributed by atoms with Gasteiger partial charge in [0.1, 0.15) is 5.82 Å². The maximum absolute atomic E-state index is 6.18. The number of rotatable bonds is 6. The Morgan fingerprint density at radius 2 is 2.03 bits per heavy atom. The predicted octanol–water partition coefficient (Wildman–Crippen LogP) is 3.68. The van der Waals surface area contributed by atoms with Gasteiger partial charge < -0.3 is 19.5 Å². The average Bonchev–Trinajstić information content (AvgIpc) is 3.16. The molecular weight excluding hydrogens is 390 g/mol. The monoisotopic (exact) mass is 415 g/mol. The van der Waals surface area contributed by atoms with Crippen molar-refractivity contribution in [3.8, 4) is 0 Å². The largest absolute Gasteiger partial charge is 0.381 e. The number of ether oxygens (including phenoxy) is 1. The Morgan fingerprint density at radius 1 is 1.24 bits per heavy atom. The van der Waals surface area contributed by atoms with Crippen molar-refractivity contribution in [2.45, 2.75) is 45.4 Å². The smallest absolute Gasteiger partial charge is 0.226 e.